The third-order valence-electron chi connectivity index (χ3n) is 1.67. The maximum absolute atomic E-state index is 10.2. The van der Waals surface area contributed by atoms with Gasteiger partial charge < -0.3 is 10.2 Å². The predicted octanol–water partition coefficient (Wildman–Crippen LogP) is 0.720. The molecule has 1 saturated heterocycles. The molecule has 6 heteroatoms. The predicted molar refractivity (Wildman–Crippen MR) is 49.6 cm³/mol. The van der Waals surface area contributed by atoms with Crippen molar-refractivity contribution < 1.29 is 4.92 Å². The average molecular weight is 204 g/mol. The Balaban J connectivity index is 2.58. The Morgan fingerprint density at radius 1 is 1.77 bits per heavy atom. The molecule has 0 bridgehead atoms. The van der Waals surface area contributed by atoms with Gasteiger partial charge in [-0.2, -0.15) is 0 Å². The minimum absolute atomic E-state index is 0.467. The number of hydrogen-bond donors (Lipinski definition) is 1. The topological polar surface area (TPSA) is 58.4 Å². The molecule has 1 N–H and O–H groups in total. The molecule has 1 aliphatic rings. The van der Waals surface area contributed by atoms with Crippen LogP contribution in [-0.2, 0) is 0 Å². The van der Waals surface area contributed by atoms with Crippen LogP contribution in [0.4, 0.5) is 0 Å². The third kappa shape index (κ3) is 2.95. The second-order valence-corrected chi connectivity index (χ2v) is 2.79. The Morgan fingerprint density at radius 3 is 3.15 bits per heavy atom. The first kappa shape index (κ1) is 9.85. The van der Waals surface area contributed by atoms with Gasteiger partial charge >= 0.3 is 0 Å². The van der Waals surface area contributed by atoms with E-state index in [1.807, 2.05) is 4.90 Å². The number of halogens is 1. The summed E-state index contributed by atoms with van der Waals surface area (Å²) in [5.41, 5.74) is 1.40. The first-order valence-electron chi connectivity index (χ1n) is 3.83. The molecule has 0 spiro atoms. The van der Waals surface area contributed by atoms with Gasteiger partial charge in [0.05, 0.1) is 4.92 Å². The molecule has 0 unspecified atom stereocenters. The highest BCUT2D eigenvalue weighted by Crippen LogP contribution is 2.06. The van der Waals surface area contributed by atoms with Crippen LogP contribution >= 0.6 is 11.6 Å². The number of nitrogens with zero attached hydrogens (tertiary/aromatic N) is 2. The fraction of sp³-hybridized carbons (Fsp3) is 0.429. The summed E-state index contributed by atoms with van der Waals surface area (Å²) in [6.07, 6.45) is 2.71. The second kappa shape index (κ2) is 4.71. The van der Waals surface area contributed by atoms with Gasteiger partial charge in [0.1, 0.15) is 0 Å². The van der Waals surface area contributed by atoms with Crippen LogP contribution in [0.3, 0.4) is 0 Å². The number of nitro groups is 1. The summed E-state index contributed by atoms with van der Waals surface area (Å²) >= 11 is 5.35. The Hall–Kier alpha value is -1.23. The lowest BCUT2D eigenvalue weighted by atomic mass is 10.5. The average Bonchev–Trinajstić information content (AvgIpc) is 2.48. The van der Waals surface area contributed by atoms with Crippen molar-refractivity contribution in [3.63, 3.8) is 0 Å². The number of nitrogens with one attached hydrogen (secondary N) is 1. The molecule has 0 aromatic rings. The van der Waals surface area contributed by atoms with Crippen LogP contribution in [0.15, 0.2) is 23.6 Å². The van der Waals surface area contributed by atoms with E-state index >= 15 is 0 Å². The Labute approximate surface area is 80.8 Å². The zero-order chi connectivity index (χ0) is 9.68. The summed E-state index contributed by atoms with van der Waals surface area (Å²) in [4.78, 5) is 11.6. The van der Waals surface area contributed by atoms with Crippen molar-refractivity contribution in [2.45, 2.75) is 0 Å². The van der Waals surface area contributed by atoms with Gasteiger partial charge in [-0.15, -0.1) is 0 Å². The van der Waals surface area contributed by atoms with E-state index in [9.17, 15) is 10.1 Å². The SMILES string of the molecule is O=[N+]([O-])C=C1NCCN1CC=CCl. The minimum Gasteiger partial charge on any atom is -0.365 e. The van der Waals surface area contributed by atoms with Crippen LogP contribution in [0.25, 0.3) is 0 Å². The first-order valence-corrected chi connectivity index (χ1v) is 4.27. The number of rotatable bonds is 3. The van der Waals surface area contributed by atoms with Gasteiger partial charge in [-0.1, -0.05) is 17.7 Å². The molecule has 0 aliphatic carbocycles. The van der Waals surface area contributed by atoms with Gasteiger partial charge in [-0.05, 0) is 0 Å². The molecule has 0 saturated carbocycles. The molecule has 13 heavy (non-hydrogen) atoms. The van der Waals surface area contributed by atoms with E-state index in [0.29, 0.717) is 12.4 Å². The molecule has 1 heterocycles. The van der Waals surface area contributed by atoms with E-state index in [1.165, 1.54) is 5.54 Å². The van der Waals surface area contributed by atoms with Gasteiger partial charge in [-0.25, -0.2) is 0 Å². The second-order valence-electron chi connectivity index (χ2n) is 2.53. The molecule has 1 fully saturated rings. The fourth-order valence-electron chi connectivity index (χ4n) is 1.14. The summed E-state index contributed by atoms with van der Waals surface area (Å²) in [6, 6.07) is 0. The van der Waals surface area contributed by atoms with E-state index in [-0.39, 0.29) is 0 Å². The normalized spacial score (nSPS) is 19.8. The Kier molecular flexibility index (Phi) is 3.57. The smallest absolute Gasteiger partial charge is 0.274 e. The third-order valence-corrected chi connectivity index (χ3v) is 1.85. The summed E-state index contributed by atoms with van der Waals surface area (Å²) < 4.78 is 0. The van der Waals surface area contributed by atoms with E-state index < -0.39 is 4.92 Å². The summed E-state index contributed by atoms with van der Waals surface area (Å²) in [7, 11) is 0. The van der Waals surface area contributed by atoms with Gasteiger partial charge in [0.15, 0.2) is 5.82 Å². The maximum atomic E-state index is 10.2. The van der Waals surface area contributed by atoms with Crippen molar-refractivity contribution in [2.75, 3.05) is 19.6 Å². The van der Waals surface area contributed by atoms with Crippen molar-refractivity contribution in [2.24, 2.45) is 0 Å². The lowest BCUT2D eigenvalue weighted by molar-refractivity contribution is -0.404. The summed E-state index contributed by atoms with van der Waals surface area (Å²) in [6.45, 7) is 2.09. The van der Waals surface area contributed by atoms with Crippen LogP contribution in [0.5, 0.6) is 0 Å². The van der Waals surface area contributed by atoms with Crippen LogP contribution in [0, 0.1) is 10.1 Å². The first-order chi connectivity index (χ1) is 6.24. The lowest BCUT2D eigenvalue weighted by Crippen LogP contribution is -2.20. The van der Waals surface area contributed by atoms with Crippen LogP contribution < -0.4 is 5.32 Å². The van der Waals surface area contributed by atoms with Gasteiger partial charge in [0.25, 0.3) is 6.20 Å². The number of hydrogen-bond acceptors (Lipinski definition) is 4. The van der Waals surface area contributed by atoms with Gasteiger partial charge in [0, 0.05) is 25.2 Å². The molecule has 5 nitrogen and oxygen atoms in total. The van der Waals surface area contributed by atoms with Crippen molar-refractivity contribution in [3.8, 4) is 0 Å². The highest BCUT2D eigenvalue weighted by molar-refractivity contribution is 6.25. The Bertz CT molecular complexity index is 252. The zero-order valence-electron chi connectivity index (χ0n) is 6.94. The van der Waals surface area contributed by atoms with Gasteiger partial charge in [0.2, 0.25) is 0 Å². The van der Waals surface area contributed by atoms with Gasteiger partial charge in [-0.3, -0.25) is 10.1 Å². The van der Waals surface area contributed by atoms with E-state index in [2.05, 4.69) is 5.32 Å². The molecule has 1 aliphatic heterocycles. The Morgan fingerprint density at radius 2 is 2.54 bits per heavy atom. The largest absolute Gasteiger partial charge is 0.365 e. The maximum Gasteiger partial charge on any atom is 0.274 e. The highest BCUT2D eigenvalue weighted by Gasteiger charge is 2.17. The van der Waals surface area contributed by atoms with Crippen LogP contribution in [0.2, 0.25) is 0 Å². The zero-order valence-corrected chi connectivity index (χ0v) is 7.70. The van der Waals surface area contributed by atoms with E-state index in [0.717, 1.165) is 19.3 Å². The molecule has 72 valence electrons. The minimum atomic E-state index is -0.467. The van der Waals surface area contributed by atoms with Crippen molar-refractivity contribution in [1.29, 1.82) is 0 Å². The highest BCUT2D eigenvalue weighted by atomic mass is 35.5. The molecule has 1 rings (SSSR count). The molecule has 0 atom stereocenters. The molecule has 0 aromatic heterocycles. The van der Waals surface area contributed by atoms with Crippen molar-refractivity contribution >= 4 is 11.6 Å². The fourth-order valence-corrected chi connectivity index (χ4v) is 1.21. The summed E-state index contributed by atoms with van der Waals surface area (Å²) in [5, 5.41) is 13.1. The van der Waals surface area contributed by atoms with E-state index in [1.54, 1.807) is 6.08 Å². The molecule has 0 radical (unpaired) electrons. The monoisotopic (exact) mass is 203 g/mol. The van der Waals surface area contributed by atoms with Crippen molar-refractivity contribution in [1.82, 2.24) is 10.2 Å². The lowest BCUT2D eigenvalue weighted by Gasteiger charge is -2.13. The van der Waals surface area contributed by atoms with E-state index in [4.69, 9.17) is 11.6 Å². The van der Waals surface area contributed by atoms with Crippen molar-refractivity contribution in [3.05, 3.63) is 33.7 Å². The molecular formula is C7H10ClN3O2. The van der Waals surface area contributed by atoms with Crippen LogP contribution in [-0.4, -0.2) is 29.5 Å². The quantitative estimate of drug-likeness (QED) is 0.543. The summed E-state index contributed by atoms with van der Waals surface area (Å²) in [5.74, 6) is 0.541. The standard InChI is InChI=1S/C7H10ClN3O2/c8-2-1-4-10-5-3-9-7(10)6-11(12)13/h1-2,6,9H,3-5H2. The molecular weight excluding hydrogens is 194 g/mol. The van der Waals surface area contributed by atoms with Crippen LogP contribution in [0.1, 0.15) is 0 Å². The molecule has 0 aromatic carbocycles. The molecule has 0 amide bonds.